The van der Waals surface area contributed by atoms with E-state index in [-0.39, 0.29) is 17.1 Å². The van der Waals surface area contributed by atoms with Gasteiger partial charge in [-0.2, -0.15) is 0 Å². The highest BCUT2D eigenvalue weighted by Gasteiger charge is 2.26. The first-order valence-corrected chi connectivity index (χ1v) is 7.90. The highest BCUT2D eigenvalue weighted by atomic mass is 79.9. The summed E-state index contributed by atoms with van der Waals surface area (Å²) in [5.41, 5.74) is 0.441. The van der Waals surface area contributed by atoms with Crippen molar-refractivity contribution in [2.75, 3.05) is 0 Å². The van der Waals surface area contributed by atoms with Crippen molar-refractivity contribution in [2.45, 2.75) is 45.1 Å². The SMILES string of the molecule is CCC1CCCCC1NC(=O)c1cc(Br)cnc1Cl. The molecule has 1 fully saturated rings. The Morgan fingerprint density at radius 2 is 2.26 bits per heavy atom. The van der Waals surface area contributed by atoms with Crippen LogP contribution in [0.2, 0.25) is 5.15 Å². The summed E-state index contributed by atoms with van der Waals surface area (Å²) in [5, 5.41) is 3.37. The molecule has 2 unspecified atom stereocenters. The van der Waals surface area contributed by atoms with Crippen molar-refractivity contribution in [3.63, 3.8) is 0 Å². The molecule has 5 heteroatoms. The molecule has 0 spiro atoms. The van der Waals surface area contributed by atoms with Crippen LogP contribution in [0.4, 0.5) is 0 Å². The number of carbonyl (C=O) groups is 1. The largest absolute Gasteiger partial charge is 0.349 e. The molecule has 1 aliphatic carbocycles. The molecule has 104 valence electrons. The number of halogens is 2. The fourth-order valence-corrected chi connectivity index (χ4v) is 3.23. The first kappa shape index (κ1) is 14.8. The summed E-state index contributed by atoms with van der Waals surface area (Å²) in [7, 11) is 0. The van der Waals surface area contributed by atoms with Gasteiger partial charge in [-0.05, 0) is 40.8 Å². The van der Waals surface area contributed by atoms with Crippen LogP contribution in [-0.2, 0) is 0 Å². The molecule has 3 nitrogen and oxygen atoms in total. The summed E-state index contributed by atoms with van der Waals surface area (Å²) in [4.78, 5) is 16.3. The van der Waals surface area contributed by atoms with Gasteiger partial charge in [0.05, 0.1) is 5.56 Å². The van der Waals surface area contributed by atoms with Crippen LogP contribution in [0.3, 0.4) is 0 Å². The van der Waals surface area contributed by atoms with Crippen molar-refractivity contribution in [3.8, 4) is 0 Å². The van der Waals surface area contributed by atoms with E-state index < -0.39 is 0 Å². The van der Waals surface area contributed by atoms with Crippen LogP contribution in [-0.4, -0.2) is 16.9 Å². The van der Waals surface area contributed by atoms with Crippen molar-refractivity contribution in [1.29, 1.82) is 0 Å². The maximum atomic E-state index is 12.3. The van der Waals surface area contributed by atoms with Crippen LogP contribution in [0.5, 0.6) is 0 Å². The lowest BCUT2D eigenvalue weighted by Gasteiger charge is -2.31. The van der Waals surface area contributed by atoms with Gasteiger partial charge in [-0.1, -0.05) is 37.8 Å². The lowest BCUT2D eigenvalue weighted by atomic mass is 9.83. The Hall–Kier alpha value is -0.610. The second-order valence-corrected chi connectivity index (χ2v) is 6.30. The van der Waals surface area contributed by atoms with Crippen molar-refractivity contribution in [1.82, 2.24) is 10.3 Å². The minimum absolute atomic E-state index is 0.121. The molecule has 2 atom stereocenters. The smallest absolute Gasteiger partial charge is 0.254 e. The predicted molar refractivity (Wildman–Crippen MR) is 80.5 cm³/mol. The highest BCUT2D eigenvalue weighted by molar-refractivity contribution is 9.10. The van der Waals surface area contributed by atoms with Crippen LogP contribution < -0.4 is 5.32 Å². The van der Waals surface area contributed by atoms with Gasteiger partial charge < -0.3 is 5.32 Å². The fraction of sp³-hybridized carbons (Fsp3) is 0.571. The lowest BCUT2D eigenvalue weighted by molar-refractivity contribution is 0.0904. The van der Waals surface area contributed by atoms with E-state index in [9.17, 15) is 4.79 Å². The van der Waals surface area contributed by atoms with Crippen LogP contribution >= 0.6 is 27.5 Å². The second-order valence-electron chi connectivity index (χ2n) is 5.02. The number of nitrogens with zero attached hydrogens (tertiary/aromatic N) is 1. The molecule has 2 rings (SSSR count). The van der Waals surface area contributed by atoms with Gasteiger partial charge >= 0.3 is 0 Å². The maximum absolute atomic E-state index is 12.3. The van der Waals surface area contributed by atoms with E-state index >= 15 is 0 Å². The molecule has 1 saturated carbocycles. The summed E-state index contributed by atoms with van der Waals surface area (Å²) in [6.45, 7) is 2.18. The van der Waals surface area contributed by atoms with Gasteiger partial charge in [0, 0.05) is 16.7 Å². The zero-order valence-electron chi connectivity index (χ0n) is 11.0. The number of carbonyl (C=O) groups excluding carboxylic acids is 1. The standard InChI is InChI=1S/C14H18BrClN2O/c1-2-9-5-3-4-6-12(9)18-14(19)11-7-10(15)8-17-13(11)16/h7-9,12H,2-6H2,1H3,(H,18,19). The van der Waals surface area contributed by atoms with E-state index in [4.69, 9.17) is 11.6 Å². The summed E-state index contributed by atoms with van der Waals surface area (Å²) in [6, 6.07) is 1.98. The Morgan fingerprint density at radius 3 is 3.00 bits per heavy atom. The number of hydrogen-bond acceptors (Lipinski definition) is 2. The molecule has 1 aromatic heterocycles. The molecule has 1 aliphatic rings. The molecule has 0 saturated heterocycles. The second kappa shape index (κ2) is 6.71. The number of hydrogen-bond donors (Lipinski definition) is 1. The summed E-state index contributed by atoms with van der Waals surface area (Å²) in [5.74, 6) is 0.459. The van der Waals surface area contributed by atoms with E-state index in [1.807, 2.05) is 0 Å². The average Bonchev–Trinajstić information content (AvgIpc) is 2.42. The monoisotopic (exact) mass is 344 g/mol. The minimum atomic E-state index is -0.121. The van der Waals surface area contributed by atoms with Crippen LogP contribution in [0.15, 0.2) is 16.7 Å². The molecule has 19 heavy (non-hydrogen) atoms. The quantitative estimate of drug-likeness (QED) is 0.834. The third-order valence-electron chi connectivity index (χ3n) is 3.80. The van der Waals surface area contributed by atoms with Gasteiger partial charge in [0.2, 0.25) is 0 Å². The minimum Gasteiger partial charge on any atom is -0.349 e. The fourth-order valence-electron chi connectivity index (χ4n) is 2.71. The molecule has 1 aromatic rings. The van der Waals surface area contributed by atoms with Gasteiger partial charge in [0.15, 0.2) is 0 Å². The topological polar surface area (TPSA) is 42.0 Å². The summed E-state index contributed by atoms with van der Waals surface area (Å²) >= 11 is 9.30. The molecule has 1 N–H and O–H groups in total. The number of pyridine rings is 1. The number of nitrogens with one attached hydrogen (secondary N) is 1. The molecular formula is C14H18BrClN2O. The first-order chi connectivity index (χ1) is 9.11. The van der Waals surface area contributed by atoms with E-state index in [2.05, 4.69) is 33.2 Å². The molecule has 0 aliphatic heterocycles. The van der Waals surface area contributed by atoms with Gasteiger partial charge in [-0.3, -0.25) is 4.79 Å². The van der Waals surface area contributed by atoms with Crippen molar-refractivity contribution < 1.29 is 4.79 Å². The molecular weight excluding hydrogens is 328 g/mol. The number of rotatable bonds is 3. The zero-order chi connectivity index (χ0) is 13.8. The van der Waals surface area contributed by atoms with Crippen molar-refractivity contribution >= 4 is 33.4 Å². The van der Waals surface area contributed by atoms with E-state index in [1.165, 1.54) is 19.3 Å². The third-order valence-corrected chi connectivity index (χ3v) is 4.54. The lowest BCUT2D eigenvalue weighted by Crippen LogP contribution is -2.42. The summed E-state index contributed by atoms with van der Waals surface area (Å²) in [6.07, 6.45) is 7.41. The number of amides is 1. The maximum Gasteiger partial charge on any atom is 0.254 e. The molecule has 0 radical (unpaired) electrons. The molecule has 0 bridgehead atoms. The Bertz CT molecular complexity index is 467. The van der Waals surface area contributed by atoms with Gasteiger partial charge in [0.25, 0.3) is 5.91 Å². The van der Waals surface area contributed by atoms with Gasteiger partial charge in [0.1, 0.15) is 5.15 Å². The van der Waals surface area contributed by atoms with E-state index in [1.54, 1.807) is 12.3 Å². The molecule has 1 amide bonds. The van der Waals surface area contributed by atoms with Crippen LogP contribution in [0.1, 0.15) is 49.4 Å². The predicted octanol–water partition coefficient (Wildman–Crippen LogP) is 4.20. The van der Waals surface area contributed by atoms with Crippen LogP contribution in [0.25, 0.3) is 0 Å². The average molecular weight is 346 g/mol. The first-order valence-electron chi connectivity index (χ1n) is 6.73. The van der Waals surface area contributed by atoms with Crippen molar-refractivity contribution in [2.24, 2.45) is 5.92 Å². The Balaban J connectivity index is 2.09. The highest BCUT2D eigenvalue weighted by Crippen LogP contribution is 2.27. The van der Waals surface area contributed by atoms with Crippen molar-refractivity contribution in [3.05, 3.63) is 27.5 Å². The Morgan fingerprint density at radius 1 is 1.53 bits per heavy atom. The molecule has 0 aromatic carbocycles. The Labute approximate surface area is 127 Å². The molecule has 1 heterocycles. The third kappa shape index (κ3) is 3.69. The van der Waals surface area contributed by atoms with Crippen LogP contribution in [0, 0.1) is 5.92 Å². The Kier molecular flexibility index (Phi) is 5.22. The number of aromatic nitrogens is 1. The summed E-state index contributed by atoms with van der Waals surface area (Å²) < 4.78 is 0.762. The zero-order valence-corrected chi connectivity index (χ0v) is 13.3. The van der Waals surface area contributed by atoms with E-state index in [0.29, 0.717) is 11.5 Å². The van der Waals surface area contributed by atoms with Gasteiger partial charge in [-0.15, -0.1) is 0 Å². The van der Waals surface area contributed by atoms with E-state index in [0.717, 1.165) is 17.3 Å². The normalized spacial score (nSPS) is 23.1. The van der Waals surface area contributed by atoms with Gasteiger partial charge in [-0.25, -0.2) is 4.98 Å².